The van der Waals surface area contributed by atoms with Crippen molar-refractivity contribution in [1.82, 2.24) is 15.1 Å². The molecule has 25 heavy (non-hydrogen) atoms. The van der Waals surface area contributed by atoms with Gasteiger partial charge in [-0.2, -0.15) is 0 Å². The summed E-state index contributed by atoms with van der Waals surface area (Å²) in [5, 5.41) is 3.49. The number of aliphatic imine (C=N–C) groups is 1. The lowest BCUT2D eigenvalue weighted by molar-refractivity contribution is 0.0914. The van der Waals surface area contributed by atoms with Gasteiger partial charge >= 0.3 is 6.09 Å². The molecule has 1 saturated heterocycles. The zero-order valence-electron chi connectivity index (χ0n) is 14.9. The predicted octanol–water partition coefficient (Wildman–Crippen LogP) is 2.29. The van der Waals surface area contributed by atoms with Crippen molar-refractivity contribution in [2.24, 2.45) is 4.99 Å². The van der Waals surface area contributed by atoms with Gasteiger partial charge in [-0.1, -0.05) is 24.3 Å². The third-order valence-corrected chi connectivity index (χ3v) is 4.78. The highest BCUT2D eigenvalue weighted by Crippen LogP contribution is 2.33. The lowest BCUT2D eigenvalue weighted by Crippen LogP contribution is -2.54. The van der Waals surface area contributed by atoms with Gasteiger partial charge in [0, 0.05) is 45.7 Å². The highest BCUT2D eigenvalue weighted by molar-refractivity contribution is 14.0. The number of halogens is 1. The standard InChI is InChI=1S/C18H26N4O2.HI/c1-3-24-18(23)22-10-8-21(9-11-22)17(19-2)20-13-15-12-14-6-4-5-7-16(14)15;/h4-7,15H,3,8-13H2,1-2H3,(H,19,20);1H. The predicted molar refractivity (Wildman–Crippen MR) is 110 cm³/mol. The Hall–Kier alpha value is -1.51. The van der Waals surface area contributed by atoms with Crippen LogP contribution in [0.4, 0.5) is 4.79 Å². The molecule has 0 spiro atoms. The molecule has 3 rings (SSSR count). The first kappa shape index (κ1) is 19.8. The van der Waals surface area contributed by atoms with Crippen LogP contribution in [0.3, 0.4) is 0 Å². The number of fused-ring (bicyclic) bond motifs is 1. The summed E-state index contributed by atoms with van der Waals surface area (Å²) >= 11 is 0. The average Bonchev–Trinajstić information content (AvgIpc) is 2.59. The fraction of sp³-hybridized carbons (Fsp3) is 0.556. The second kappa shape index (κ2) is 9.26. The minimum atomic E-state index is -0.217. The van der Waals surface area contributed by atoms with Gasteiger partial charge in [-0.25, -0.2) is 4.79 Å². The number of piperazine rings is 1. The van der Waals surface area contributed by atoms with E-state index in [1.54, 1.807) is 4.90 Å². The molecule has 0 bridgehead atoms. The van der Waals surface area contributed by atoms with Crippen LogP contribution in [0.1, 0.15) is 24.0 Å². The Morgan fingerprint density at radius 2 is 1.92 bits per heavy atom. The minimum absolute atomic E-state index is 0. The monoisotopic (exact) mass is 458 g/mol. The summed E-state index contributed by atoms with van der Waals surface area (Å²) in [5.74, 6) is 1.49. The summed E-state index contributed by atoms with van der Waals surface area (Å²) in [7, 11) is 1.81. The second-order valence-electron chi connectivity index (χ2n) is 6.20. The number of guanidine groups is 1. The molecule has 1 amide bonds. The van der Waals surface area contributed by atoms with Crippen molar-refractivity contribution >= 4 is 36.0 Å². The number of carbonyl (C=O) groups excluding carboxylic acids is 1. The summed E-state index contributed by atoms with van der Waals surface area (Å²) in [6, 6.07) is 8.63. The van der Waals surface area contributed by atoms with Crippen LogP contribution in [0.5, 0.6) is 0 Å². The number of rotatable bonds is 3. The number of hydrogen-bond acceptors (Lipinski definition) is 3. The molecule has 1 heterocycles. The summed E-state index contributed by atoms with van der Waals surface area (Å²) in [5.41, 5.74) is 2.91. The molecule has 1 aliphatic carbocycles. The summed E-state index contributed by atoms with van der Waals surface area (Å²) in [6.07, 6.45) is 0.919. The van der Waals surface area contributed by atoms with Crippen molar-refractivity contribution in [2.75, 3.05) is 46.4 Å². The molecule has 1 aromatic carbocycles. The van der Waals surface area contributed by atoms with Gasteiger partial charge in [0.25, 0.3) is 0 Å². The Kier molecular flexibility index (Phi) is 7.34. The summed E-state index contributed by atoms with van der Waals surface area (Å²) in [4.78, 5) is 20.1. The Morgan fingerprint density at radius 1 is 1.24 bits per heavy atom. The largest absolute Gasteiger partial charge is 0.450 e. The molecule has 7 heteroatoms. The molecule has 6 nitrogen and oxygen atoms in total. The number of hydrogen-bond donors (Lipinski definition) is 1. The fourth-order valence-electron chi connectivity index (χ4n) is 3.41. The summed E-state index contributed by atoms with van der Waals surface area (Å²) < 4.78 is 5.06. The smallest absolute Gasteiger partial charge is 0.409 e. The van der Waals surface area contributed by atoms with Crippen molar-refractivity contribution < 1.29 is 9.53 Å². The van der Waals surface area contributed by atoms with E-state index >= 15 is 0 Å². The molecule has 2 aliphatic rings. The molecule has 1 unspecified atom stereocenters. The molecule has 1 atom stereocenters. The Morgan fingerprint density at radius 3 is 2.56 bits per heavy atom. The van der Waals surface area contributed by atoms with E-state index in [-0.39, 0.29) is 30.1 Å². The maximum absolute atomic E-state index is 11.8. The first-order valence-corrected chi connectivity index (χ1v) is 8.68. The van der Waals surface area contributed by atoms with E-state index in [0.29, 0.717) is 25.6 Å². The van der Waals surface area contributed by atoms with Crippen molar-refractivity contribution in [3.63, 3.8) is 0 Å². The van der Waals surface area contributed by atoms with Crippen LogP contribution in [0.15, 0.2) is 29.3 Å². The Bertz CT molecular complexity index is 615. The molecular formula is C18H27IN4O2. The second-order valence-corrected chi connectivity index (χ2v) is 6.20. The van der Waals surface area contributed by atoms with Crippen LogP contribution in [-0.4, -0.2) is 68.2 Å². The van der Waals surface area contributed by atoms with E-state index in [4.69, 9.17) is 4.74 Å². The fourth-order valence-corrected chi connectivity index (χ4v) is 3.41. The van der Waals surface area contributed by atoms with Gasteiger partial charge in [0.05, 0.1) is 6.61 Å². The maximum atomic E-state index is 11.8. The Balaban J connectivity index is 0.00000225. The van der Waals surface area contributed by atoms with Crippen molar-refractivity contribution in [1.29, 1.82) is 0 Å². The lowest BCUT2D eigenvalue weighted by atomic mass is 9.78. The summed E-state index contributed by atoms with van der Waals surface area (Å²) in [6.45, 7) is 6.06. The molecular weight excluding hydrogens is 431 g/mol. The van der Waals surface area contributed by atoms with E-state index in [1.165, 1.54) is 11.1 Å². The first-order valence-electron chi connectivity index (χ1n) is 8.68. The molecule has 1 fully saturated rings. The SMILES string of the molecule is CCOC(=O)N1CCN(C(=NC)NCC2Cc3ccccc32)CC1.I. The number of ether oxygens (including phenoxy) is 1. The van der Waals surface area contributed by atoms with Crippen LogP contribution in [0.25, 0.3) is 0 Å². The van der Waals surface area contributed by atoms with E-state index in [2.05, 4.69) is 39.5 Å². The normalized spacial score (nSPS) is 19.4. The third-order valence-electron chi connectivity index (χ3n) is 4.78. The molecule has 1 N–H and O–H groups in total. The van der Waals surface area contributed by atoms with Crippen LogP contribution in [-0.2, 0) is 11.2 Å². The van der Waals surface area contributed by atoms with Crippen LogP contribution >= 0.6 is 24.0 Å². The third kappa shape index (κ3) is 4.56. The van der Waals surface area contributed by atoms with Crippen LogP contribution in [0, 0.1) is 0 Å². The van der Waals surface area contributed by atoms with Crippen molar-refractivity contribution in [3.8, 4) is 0 Å². The van der Waals surface area contributed by atoms with Gasteiger partial charge in [0.15, 0.2) is 5.96 Å². The minimum Gasteiger partial charge on any atom is -0.450 e. The zero-order chi connectivity index (χ0) is 16.9. The van der Waals surface area contributed by atoms with E-state index < -0.39 is 0 Å². The van der Waals surface area contributed by atoms with Crippen LogP contribution in [0.2, 0.25) is 0 Å². The topological polar surface area (TPSA) is 57.2 Å². The maximum Gasteiger partial charge on any atom is 0.409 e. The van der Waals surface area contributed by atoms with Gasteiger partial charge in [0.2, 0.25) is 0 Å². The molecule has 0 radical (unpaired) electrons. The first-order chi connectivity index (χ1) is 11.7. The number of carbonyl (C=O) groups is 1. The number of benzene rings is 1. The molecule has 138 valence electrons. The van der Waals surface area contributed by atoms with Gasteiger partial charge in [-0.05, 0) is 24.5 Å². The number of nitrogens with zero attached hydrogens (tertiary/aromatic N) is 3. The highest BCUT2D eigenvalue weighted by Gasteiger charge is 2.27. The lowest BCUT2D eigenvalue weighted by Gasteiger charge is -2.37. The zero-order valence-corrected chi connectivity index (χ0v) is 17.2. The molecule has 1 aliphatic heterocycles. The molecule has 0 saturated carbocycles. The van der Waals surface area contributed by atoms with Gasteiger partial charge in [-0.15, -0.1) is 24.0 Å². The Labute approximate surface area is 166 Å². The highest BCUT2D eigenvalue weighted by atomic mass is 127. The number of nitrogens with one attached hydrogen (secondary N) is 1. The average molecular weight is 458 g/mol. The quantitative estimate of drug-likeness (QED) is 0.429. The van der Waals surface area contributed by atoms with Crippen molar-refractivity contribution in [3.05, 3.63) is 35.4 Å². The molecule has 1 aromatic rings. The van der Waals surface area contributed by atoms with Gasteiger partial charge in [-0.3, -0.25) is 4.99 Å². The van der Waals surface area contributed by atoms with Crippen molar-refractivity contribution in [2.45, 2.75) is 19.3 Å². The van der Waals surface area contributed by atoms with Crippen LogP contribution < -0.4 is 5.32 Å². The van der Waals surface area contributed by atoms with E-state index in [9.17, 15) is 4.79 Å². The van der Waals surface area contributed by atoms with E-state index in [0.717, 1.165) is 32.0 Å². The van der Waals surface area contributed by atoms with Gasteiger partial charge < -0.3 is 19.9 Å². The van der Waals surface area contributed by atoms with Gasteiger partial charge in [0.1, 0.15) is 0 Å². The van der Waals surface area contributed by atoms with E-state index in [1.807, 2.05) is 14.0 Å². The molecule has 0 aromatic heterocycles. The number of amides is 1.